The smallest absolute Gasteiger partial charge is 0.302 e. The first-order chi connectivity index (χ1) is 12.0. The molecule has 1 heterocycles. The minimum absolute atomic E-state index is 0.215. The van der Waals surface area contributed by atoms with Gasteiger partial charge in [-0.3, -0.25) is 9.79 Å². The molecule has 2 rings (SSSR count). The number of aliphatic imine (C=N–C) groups is 1. The van der Waals surface area contributed by atoms with Crippen molar-refractivity contribution < 1.29 is 30.8 Å². The minimum atomic E-state index is -3.89. The second kappa shape index (κ2) is 6.29. The van der Waals surface area contributed by atoms with Gasteiger partial charge in [-0.1, -0.05) is 0 Å². The maximum atomic E-state index is 14.4. The maximum absolute atomic E-state index is 14.4. The lowest BCUT2D eigenvalue weighted by molar-refractivity contribution is -0.139. The predicted octanol–water partition coefficient (Wildman–Crippen LogP) is 2.51. The summed E-state index contributed by atoms with van der Waals surface area (Å²) in [6.07, 6.45) is -0.846. The number of rotatable bonds is 4. The van der Waals surface area contributed by atoms with Crippen LogP contribution in [0.5, 0.6) is 0 Å². The van der Waals surface area contributed by atoms with E-state index in [4.69, 9.17) is 5.73 Å². The highest BCUT2D eigenvalue weighted by atomic mass is 32.2. The third-order valence-corrected chi connectivity index (χ3v) is 7.46. The molecular weight excluding hydrogens is 388 g/mol. The van der Waals surface area contributed by atoms with Crippen LogP contribution in [0.2, 0.25) is 0 Å². The molecule has 0 saturated heterocycles. The van der Waals surface area contributed by atoms with Crippen molar-refractivity contribution in [2.24, 2.45) is 10.7 Å². The van der Waals surface area contributed by atoms with Crippen molar-refractivity contribution in [3.63, 3.8) is 0 Å². The molecule has 2 N–H and O–H groups in total. The average Bonchev–Trinajstić information content (AvgIpc) is 2.47. The van der Waals surface area contributed by atoms with E-state index in [1.165, 1.54) is 20.8 Å². The number of alkyl halides is 2. The Kier molecular flexibility index (Phi) is 4.97. The molecule has 0 spiro atoms. The average molecular weight is 408 g/mol. The number of carbonyl (C=O) groups is 1. The van der Waals surface area contributed by atoms with Crippen molar-refractivity contribution in [3.05, 3.63) is 34.9 Å². The number of nitrogens with two attached hydrogens (primary N) is 1. The van der Waals surface area contributed by atoms with E-state index in [1.807, 2.05) is 0 Å². The van der Waals surface area contributed by atoms with Crippen LogP contribution in [0.4, 0.5) is 17.6 Å². The Morgan fingerprint density at radius 1 is 1.26 bits per heavy atom. The van der Waals surface area contributed by atoms with Crippen LogP contribution in [-0.4, -0.2) is 36.5 Å². The largest absolute Gasteiger partial charge is 0.386 e. The summed E-state index contributed by atoms with van der Waals surface area (Å²) >= 11 is 0. The van der Waals surface area contributed by atoms with Crippen LogP contribution in [0.15, 0.2) is 17.1 Å². The topological polar surface area (TPSA) is 89.6 Å². The molecule has 0 unspecified atom stereocenters. The quantitative estimate of drug-likeness (QED) is 0.776. The van der Waals surface area contributed by atoms with E-state index in [0.29, 0.717) is 13.0 Å². The first-order valence-electron chi connectivity index (χ1n) is 7.99. The van der Waals surface area contributed by atoms with Gasteiger partial charge in [0.05, 0.1) is 5.75 Å². The summed E-state index contributed by atoms with van der Waals surface area (Å²) in [6, 6.07) is 1.60. The number of carbonyl (C=O) groups excluding carboxylic acids is 1. The highest BCUT2D eigenvalue weighted by Crippen LogP contribution is 2.38. The SMILES string of the molecule is CC(F)(F)C(=O)Cc1cc(F)c(F)c([C@]2(C)CS(=O)(=O)C(C)(C)C(N)=N2)c1. The van der Waals surface area contributed by atoms with Crippen LogP contribution in [-0.2, 0) is 26.6 Å². The summed E-state index contributed by atoms with van der Waals surface area (Å²) in [6.45, 7) is 4.34. The van der Waals surface area contributed by atoms with Crippen LogP contribution in [0.25, 0.3) is 0 Å². The fraction of sp³-hybridized carbons (Fsp3) is 0.529. The number of hydrogen-bond acceptors (Lipinski definition) is 5. The lowest BCUT2D eigenvalue weighted by Gasteiger charge is -2.38. The molecule has 1 aromatic rings. The molecule has 10 heteroatoms. The van der Waals surface area contributed by atoms with Crippen molar-refractivity contribution in [3.8, 4) is 0 Å². The standard InChI is InChI=1S/C17H20F4N2O3S/c1-15(2)14(22)23-16(3,8-27(15,25)26)10-5-9(6-11(18)13(10)19)7-12(24)17(4,20)21/h5-6H,7-8H2,1-4H3,(H2,22,23)/t16-/m0/s1. The van der Waals surface area contributed by atoms with Gasteiger partial charge in [-0.15, -0.1) is 0 Å². The van der Waals surface area contributed by atoms with Gasteiger partial charge < -0.3 is 5.73 Å². The fourth-order valence-electron chi connectivity index (χ4n) is 2.76. The van der Waals surface area contributed by atoms with E-state index in [1.54, 1.807) is 0 Å². The zero-order valence-corrected chi connectivity index (χ0v) is 16.1. The van der Waals surface area contributed by atoms with Crippen molar-refractivity contribution in [1.82, 2.24) is 0 Å². The van der Waals surface area contributed by atoms with Gasteiger partial charge in [-0.05, 0) is 38.5 Å². The summed E-state index contributed by atoms with van der Waals surface area (Å²) in [7, 11) is -3.89. The second-order valence-electron chi connectivity index (χ2n) is 7.47. The molecule has 1 aromatic carbocycles. The summed E-state index contributed by atoms with van der Waals surface area (Å²) < 4.78 is 78.4. The maximum Gasteiger partial charge on any atom is 0.302 e. The van der Waals surface area contributed by atoms with E-state index < -0.39 is 61.2 Å². The number of amidine groups is 1. The predicted molar refractivity (Wildman–Crippen MR) is 92.5 cm³/mol. The van der Waals surface area contributed by atoms with E-state index in [-0.39, 0.29) is 11.4 Å². The Hall–Kier alpha value is -1.97. The molecule has 0 aromatic heterocycles. The van der Waals surface area contributed by atoms with Gasteiger partial charge in [-0.25, -0.2) is 17.2 Å². The van der Waals surface area contributed by atoms with Crippen molar-refractivity contribution in [1.29, 1.82) is 0 Å². The second-order valence-corrected chi connectivity index (χ2v) is 10.0. The molecular formula is C17H20F4N2O3S. The van der Waals surface area contributed by atoms with Gasteiger partial charge in [0, 0.05) is 18.9 Å². The minimum Gasteiger partial charge on any atom is -0.386 e. The summed E-state index contributed by atoms with van der Waals surface area (Å²) in [5, 5.41) is 0. The summed E-state index contributed by atoms with van der Waals surface area (Å²) in [5.74, 6) is -8.83. The van der Waals surface area contributed by atoms with Gasteiger partial charge in [0.15, 0.2) is 21.5 Å². The van der Waals surface area contributed by atoms with Crippen LogP contribution in [0.3, 0.4) is 0 Å². The van der Waals surface area contributed by atoms with Gasteiger partial charge in [-0.2, -0.15) is 8.78 Å². The molecule has 0 aliphatic carbocycles. The molecule has 5 nitrogen and oxygen atoms in total. The van der Waals surface area contributed by atoms with Crippen molar-refractivity contribution >= 4 is 21.5 Å². The van der Waals surface area contributed by atoms with E-state index >= 15 is 0 Å². The molecule has 1 aliphatic rings. The number of Topliss-reactive ketones (excluding diaryl/α,β-unsaturated/α-hetero) is 1. The van der Waals surface area contributed by atoms with Gasteiger partial charge >= 0.3 is 5.92 Å². The summed E-state index contributed by atoms with van der Waals surface area (Å²) in [5.41, 5.74) is 3.32. The number of nitrogens with zero attached hydrogens (tertiary/aromatic N) is 1. The molecule has 0 saturated carbocycles. The van der Waals surface area contributed by atoms with Gasteiger partial charge in [0.25, 0.3) is 0 Å². The fourth-order valence-corrected chi connectivity index (χ4v) is 4.45. The lowest BCUT2D eigenvalue weighted by atomic mass is 9.90. The van der Waals surface area contributed by atoms with Crippen molar-refractivity contribution in [2.45, 2.75) is 50.3 Å². The first-order valence-corrected chi connectivity index (χ1v) is 9.64. The Morgan fingerprint density at radius 3 is 2.30 bits per heavy atom. The van der Waals surface area contributed by atoms with E-state index in [9.17, 15) is 30.8 Å². The van der Waals surface area contributed by atoms with E-state index in [0.717, 1.165) is 6.07 Å². The normalized spacial score (nSPS) is 24.4. The number of halogens is 4. The van der Waals surface area contributed by atoms with Gasteiger partial charge in [0.1, 0.15) is 16.1 Å². The Balaban J connectivity index is 2.62. The third kappa shape index (κ3) is 3.71. The zero-order valence-electron chi connectivity index (χ0n) is 15.2. The lowest BCUT2D eigenvalue weighted by Crippen LogP contribution is -2.55. The molecule has 1 atom stereocenters. The first kappa shape index (κ1) is 21.3. The number of hydrogen-bond donors (Lipinski definition) is 1. The Bertz CT molecular complexity index is 936. The molecule has 0 radical (unpaired) electrons. The van der Waals surface area contributed by atoms with Crippen LogP contribution in [0, 0.1) is 11.6 Å². The molecule has 0 fully saturated rings. The Labute approximate surface area is 154 Å². The zero-order chi connectivity index (χ0) is 21.0. The Morgan fingerprint density at radius 2 is 1.81 bits per heavy atom. The number of benzene rings is 1. The third-order valence-electron chi connectivity index (χ3n) is 4.76. The molecule has 1 aliphatic heterocycles. The van der Waals surface area contributed by atoms with Gasteiger partial charge in [0.2, 0.25) is 5.78 Å². The highest BCUT2D eigenvalue weighted by Gasteiger charge is 2.49. The molecule has 150 valence electrons. The summed E-state index contributed by atoms with van der Waals surface area (Å²) in [4.78, 5) is 15.6. The van der Waals surface area contributed by atoms with Crippen LogP contribution >= 0.6 is 0 Å². The van der Waals surface area contributed by atoms with E-state index in [2.05, 4.69) is 4.99 Å². The van der Waals surface area contributed by atoms with Crippen molar-refractivity contribution in [2.75, 3.05) is 5.75 Å². The molecule has 0 bridgehead atoms. The highest BCUT2D eigenvalue weighted by molar-refractivity contribution is 7.93. The monoisotopic (exact) mass is 408 g/mol. The van der Waals surface area contributed by atoms with Crippen LogP contribution in [0.1, 0.15) is 38.8 Å². The molecule has 27 heavy (non-hydrogen) atoms. The number of sulfone groups is 1. The molecule has 0 amide bonds. The van der Waals surface area contributed by atoms with Crippen LogP contribution < -0.4 is 5.73 Å². The number of ketones is 1.